The first-order chi connectivity index (χ1) is 9.72. The molecule has 1 aromatic carbocycles. The molecule has 2 aliphatic rings. The highest BCUT2D eigenvalue weighted by molar-refractivity contribution is 5.42. The third-order valence-electron chi connectivity index (χ3n) is 4.57. The number of benzene rings is 1. The molecule has 2 unspecified atom stereocenters. The van der Waals surface area contributed by atoms with Crippen LogP contribution in [0.4, 0.5) is 5.69 Å². The second-order valence-electron chi connectivity index (χ2n) is 5.87. The molecule has 108 valence electrons. The van der Waals surface area contributed by atoms with Crippen molar-refractivity contribution >= 4 is 5.69 Å². The Bertz CT molecular complexity index is 502. The van der Waals surface area contributed by atoms with Gasteiger partial charge in [-0.3, -0.25) is 15.0 Å². The fraction of sp³-hybridized carbons (Fsp3) is 0.600. The summed E-state index contributed by atoms with van der Waals surface area (Å²) in [5, 5.41) is 11.3. The Morgan fingerprint density at radius 1 is 1.30 bits per heavy atom. The van der Waals surface area contributed by atoms with E-state index in [1.165, 1.54) is 12.8 Å². The van der Waals surface area contributed by atoms with E-state index in [0.717, 1.165) is 24.9 Å². The van der Waals surface area contributed by atoms with Gasteiger partial charge in [0.05, 0.1) is 4.92 Å². The van der Waals surface area contributed by atoms with Crippen molar-refractivity contribution < 1.29 is 4.92 Å². The summed E-state index contributed by atoms with van der Waals surface area (Å²) < 4.78 is 0. The summed E-state index contributed by atoms with van der Waals surface area (Å²) in [6, 6.07) is 7.88. The van der Waals surface area contributed by atoms with E-state index in [4.69, 9.17) is 5.73 Å². The average molecular weight is 275 g/mol. The molecule has 1 aliphatic carbocycles. The topological polar surface area (TPSA) is 72.4 Å². The second kappa shape index (κ2) is 5.50. The lowest BCUT2D eigenvalue weighted by atomic mass is 9.84. The van der Waals surface area contributed by atoms with Crippen LogP contribution in [0.15, 0.2) is 24.3 Å². The van der Waals surface area contributed by atoms with E-state index in [1.54, 1.807) is 12.1 Å². The minimum absolute atomic E-state index is 0.114. The van der Waals surface area contributed by atoms with Crippen LogP contribution in [0.3, 0.4) is 0 Å². The molecule has 5 nitrogen and oxygen atoms in total. The van der Waals surface area contributed by atoms with Crippen LogP contribution in [-0.2, 0) is 0 Å². The van der Waals surface area contributed by atoms with Crippen LogP contribution in [0, 0.1) is 16.0 Å². The fourth-order valence-corrected chi connectivity index (χ4v) is 3.50. The minimum atomic E-state index is -0.261. The van der Waals surface area contributed by atoms with Gasteiger partial charge in [0.25, 0.3) is 5.69 Å². The van der Waals surface area contributed by atoms with E-state index in [0.29, 0.717) is 18.5 Å². The molecule has 2 N–H and O–H groups in total. The van der Waals surface area contributed by atoms with E-state index >= 15 is 0 Å². The summed E-state index contributed by atoms with van der Waals surface area (Å²) in [4.78, 5) is 13.5. The number of nitro benzene ring substituents is 1. The van der Waals surface area contributed by atoms with Crippen molar-refractivity contribution in [3.05, 3.63) is 39.9 Å². The molecule has 1 aliphatic heterocycles. The maximum atomic E-state index is 11.3. The Balaban J connectivity index is 2.00. The number of hydrogen-bond acceptors (Lipinski definition) is 4. The van der Waals surface area contributed by atoms with Crippen LogP contribution >= 0.6 is 0 Å². The lowest BCUT2D eigenvalue weighted by Crippen LogP contribution is -2.43. The minimum Gasteiger partial charge on any atom is -0.330 e. The maximum Gasteiger partial charge on any atom is 0.274 e. The Kier molecular flexibility index (Phi) is 3.72. The van der Waals surface area contributed by atoms with Crippen LogP contribution in [0.2, 0.25) is 0 Å². The molecule has 0 bridgehead atoms. The van der Waals surface area contributed by atoms with Gasteiger partial charge >= 0.3 is 0 Å². The fourth-order valence-electron chi connectivity index (χ4n) is 3.50. The summed E-state index contributed by atoms with van der Waals surface area (Å²) in [6.07, 6.45) is 4.65. The largest absolute Gasteiger partial charge is 0.330 e. The second-order valence-corrected chi connectivity index (χ2v) is 5.87. The van der Waals surface area contributed by atoms with Crippen LogP contribution in [0.1, 0.15) is 37.3 Å². The van der Waals surface area contributed by atoms with Crippen molar-refractivity contribution in [2.75, 3.05) is 13.1 Å². The Morgan fingerprint density at radius 2 is 2.05 bits per heavy atom. The Hall–Kier alpha value is -1.46. The molecule has 0 spiro atoms. The molecule has 1 saturated carbocycles. The molecule has 0 amide bonds. The first-order valence-corrected chi connectivity index (χ1v) is 7.41. The number of likely N-dealkylation sites (tertiary alicyclic amines) is 1. The predicted molar refractivity (Wildman–Crippen MR) is 77.3 cm³/mol. The summed E-state index contributed by atoms with van der Waals surface area (Å²) in [7, 11) is 0. The number of rotatable bonds is 4. The van der Waals surface area contributed by atoms with Gasteiger partial charge in [-0.1, -0.05) is 18.2 Å². The first-order valence-electron chi connectivity index (χ1n) is 7.41. The molecule has 20 heavy (non-hydrogen) atoms. The van der Waals surface area contributed by atoms with E-state index in [2.05, 4.69) is 4.90 Å². The summed E-state index contributed by atoms with van der Waals surface area (Å²) in [5.74, 6) is 0.324. The number of para-hydroxylation sites is 1. The monoisotopic (exact) mass is 275 g/mol. The van der Waals surface area contributed by atoms with E-state index in [-0.39, 0.29) is 16.7 Å². The van der Waals surface area contributed by atoms with Crippen molar-refractivity contribution in [1.82, 2.24) is 4.90 Å². The zero-order valence-corrected chi connectivity index (χ0v) is 11.6. The predicted octanol–water partition coefficient (Wildman–Crippen LogP) is 2.47. The smallest absolute Gasteiger partial charge is 0.274 e. The van der Waals surface area contributed by atoms with E-state index < -0.39 is 0 Å². The Labute approximate surface area is 118 Å². The van der Waals surface area contributed by atoms with Crippen LogP contribution in [0.25, 0.3) is 0 Å². The van der Waals surface area contributed by atoms with Crippen LogP contribution < -0.4 is 5.73 Å². The van der Waals surface area contributed by atoms with Crippen molar-refractivity contribution in [2.24, 2.45) is 11.7 Å². The van der Waals surface area contributed by atoms with Gasteiger partial charge in [0.15, 0.2) is 0 Å². The van der Waals surface area contributed by atoms with E-state index in [1.807, 2.05) is 12.1 Å². The summed E-state index contributed by atoms with van der Waals surface area (Å²) >= 11 is 0. The highest BCUT2D eigenvalue weighted by atomic mass is 16.6. The number of piperidine rings is 1. The number of nitrogens with two attached hydrogens (primary N) is 1. The zero-order chi connectivity index (χ0) is 14.1. The van der Waals surface area contributed by atoms with Gasteiger partial charge in [-0.05, 0) is 44.7 Å². The van der Waals surface area contributed by atoms with Gasteiger partial charge in [0.1, 0.15) is 0 Å². The lowest BCUT2D eigenvalue weighted by Gasteiger charge is -2.41. The van der Waals surface area contributed by atoms with Crippen LogP contribution in [0.5, 0.6) is 0 Å². The molecule has 0 radical (unpaired) electrons. The first kappa shape index (κ1) is 13.5. The molecule has 5 heteroatoms. The van der Waals surface area contributed by atoms with Crippen molar-refractivity contribution in [3.8, 4) is 0 Å². The molecular weight excluding hydrogens is 254 g/mol. The Morgan fingerprint density at radius 3 is 2.70 bits per heavy atom. The highest BCUT2D eigenvalue weighted by Crippen LogP contribution is 2.44. The molecule has 2 atom stereocenters. The molecule has 0 aromatic heterocycles. The highest BCUT2D eigenvalue weighted by Gasteiger charge is 2.42. The van der Waals surface area contributed by atoms with Gasteiger partial charge < -0.3 is 5.73 Å². The van der Waals surface area contributed by atoms with Crippen molar-refractivity contribution in [3.63, 3.8) is 0 Å². The third-order valence-corrected chi connectivity index (χ3v) is 4.57. The number of nitro groups is 1. The van der Waals surface area contributed by atoms with Gasteiger partial charge in [-0.15, -0.1) is 0 Å². The molecule has 1 heterocycles. The van der Waals surface area contributed by atoms with Gasteiger partial charge in [0, 0.05) is 23.7 Å². The number of nitrogens with zero attached hydrogens (tertiary/aromatic N) is 2. The SMILES string of the molecule is NCC1CCCN(C2CC2)C1c1ccccc1[N+](=O)[O-]. The number of hydrogen-bond donors (Lipinski definition) is 1. The zero-order valence-electron chi connectivity index (χ0n) is 11.6. The maximum absolute atomic E-state index is 11.3. The average Bonchev–Trinajstić information content (AvgIpc) is 3.31. The van der Waals surface area contributed by atoms with E-state index in [9.17, 15) is 10.1 Å². The van der Waals surface area contributed by atoms with Crippen molar-refractivity contribution in [2.45, 2.75) is 37.8 Å². The summed E-state index contributed by atoms with van der Waals surface area (Å²) in [6.45, 7) is 1.64. The molecule has 3 rings (SSSR count). The standard InChI is InChI=1S/C15H21N3O2/c16-10-11-4-3-9-17(12-7-8-12)15(11)13-5-1-2-6-14(13)18(19)20/h1-2,5-6,11-12,15H,3-4,7-10,16H2. The van der Waals surface area contributed by atoms with Gasteiger partial charge in [0.2, 0.25) is 0 Å². The normalized spacial score (nSPS) is 27.4. The van der Waals surface area contributed by atoms with Crippen LogP contribution in [-0.4, -0.2) is 29.0 Å². The molecular formula is C15H21N3O2. The summed E-state index contributed by atoms with van der Waals surface area (Å²) in [5.41, 5.74) is 7.03. The lowest BCUT2D eigenvalue weighted by molar-refractivity contribution is -0.386. The van der Waals surface area contributed by atoms with Gasteiger partial charge in [-0.2, -0.15) is 0 Å². The third kappa shape index (κ3) is 2.43. The molecule has 1 aromatic rings. The molecule has 2 fully saturated rings. The van der Waals surface area contributed by atoms with Crippen molar-refractivity contribution in [1.29, 1.82) is 0 Å². The quantitative estimate of drug-likeness (QED) is 0.676. The van der Waals surface area contributed by atoms with Gasteiger partial charge in [-0.25, -0.2) is 0 Å². The molecule has 1 saturated heterocycles.